The average molecular weight is 530 g/mol. The average Bonchev–Trinajstić information content (AvgIpc) is 3.44. The fourth-order valence-electron chi connectivity index (χ4n) is 5.37. The highest BCUT2D eigenvalue weighted by Gasteiger charge is 2.44. The predicted molar refractivity (Wildman–Crippen MR) is 143 cm³/mol. The Morgan fingerprint density at radius 2 is 1.89 bits per heavy atom. The molecular formula is C29H24ClN3O3S. The number of thioether (sulfide) groups is 1. The van der Waals surface area contributed by atoms with Gasteiger partial charge in [-0.05, 0) is 66.9 Å². The summed E-state index contributed by atoms with van der Waals surface area (Å²) < 4.78 is 12.0. The maximum absolute atomic E-state index is 13.4. The molecule has 8 heteroatoms. The largest absolute Gasteiger partial charge is 0.490 e. The Hall–Kier alpha value is -3.47. The number of carbonyl (C=O) groups excluding carboxylic acids is 1. The van der Waals surface area contributed by atoms with E-state index < -0.39 is 0 Å². The number of carbonyl (C=O) groups is 1. The third-order valence-corrected chi connectivity index (χ3v) is 8.22. The number of hydrogen-bond acceptors (Lipinski definition) is 6. The van der Waals surface area contributed by atoms with E-state index in [2.05, 4.69) is 16.0 Å². The van der Waals surface area contributed by atoms with E-state index in [4.69, 9.17) is 26.0 Å². The molecule has 37 heavy (non-hydrogen) atoms. The number of oxazole rings is 1. The van der Waals surface area contributed by atoms with Gasteiger partial charge in [-0.2, -0.15) is 5.26 Å². The molecule has 2 bridgehead atoms. The first kappa shape index (κ1) is 23.9. The van der Waals surface area contributed by atoms with Gasteiger partial charge in [-0.1, -0.05) is 41.6 Å². The van der Waals surface area contributed by atoms with Crippen LogP contribution in [-0.4, -0.2) is 34.0 Å². The van der Waals surface area contributed by atoms with Gasteiger partial charge < -0.3 is 14.1 Å². The number of piperidine rings is 1. The summed E-state index contributed by atoms with van der Waals surface area (Å²) in [7, 11) is 0. The van der Waals surface area contributed by atoms with Crippen molar-refractivity contribution in [2.45, 2.75) is 54.8 Å². The summed E-state index contributed by atoms with van der Waals surface area (Å²) in [5.74, 6) is 1.50. The maximum Gasteiger partial charge on any atom is 0.257 e. The smallest absolute Gasteiger partial charge is 0.257 e. The molecule has 3 atom stereocenters. The number of halogens is 1. The summed E-state index contributed by atoms with van der Waals surface area (Å²) >= 11 is 7.55. The van der Waals surface area contributed by atoms with Gasteiger partial charge in [0.1, 0.15) is 17.4 Å². The van der Waals surface area contributed by atoms with Crippen LogP contribution in [0, 0.1) is 11.3 Å². The highest BCUT2D eigenvalue weighted by Crippen LogP contribution is 2.38. The fourth-order valence-corrected chi connectivity index (χ4v) is 6.33. The zero-order chi connectivity index (χ0) is 25.4. The van der Waals surface area contributed by atoms with Gasteiger partial charge in [0.25, 0.3) is 11.1 Å². The van der Waals surface area contributed by atoms with Gasteiger partial charge in [-0.3, -0.25) is 4.79 Å². The monoisotopic (exact) mass is 529 g/mol. The van der Waals surface area contributed by atoms with Crippen molar-refractivity contribution < 1.29 is 13.9 Å². The molecule has 2 aliphatic rings. The Morgan fingerprint density at radius 1 is 1.11 bits per heavy atom. The van der Waals surface area contributed by atoms with Crippen LogP contribution in [0.4, 0.5) is 0 Å². The zero-order valence-corrected chi connectivity index (χ0v) is 21.5. The van der Waals surface area contributed by atoms with Gasteiger partial charge in [0, 0.05) is 41.3 Å². The number of rotatable bonds is 6. The minimum absolute atomic E-state index is 0.0535. The molecule has 0 N–H and O–H groups in total. The van der Waals surface area contributed by atoms with E-state index in [9.17, 15) is 4.79 Å². The van der Waals surface area contributed by atoms with Crippen molar-refractivity contribution in [3.05, 3.63) is 88.4 Å². The van der Waals surface area contributed by atoms with E-state index in [1.54, 1.807) is 24.3 Å². The summed E-state index contributed by atoms with van der Waals surface area (Å²) in [6.45, 7) is 0. The predicted octanol–water partition coefficient (Wildman–Crippen LogP) is 6.86. The van der Waals surface area contributed by atoms with E-state index in [0.717, 1.165) is 42.5 Å². The molecular weight excluding hydrogens is 506 g/mol. The Morgan fingerprint density at radius 3 is 2.65 bits per heavy atom. The molecule has 2 aliphatic heterocycles. The minimum Gasteiger partial charge on any atom is -0.490 e. The van der Waals surface area contributed by atoms with E-state index >= 15 is 0 Å². The molecule has 186 valence electrons. The minimum atomic E-state index is 0.0535. The van der Waals surface area contributed by atoms with Crippen LogP contribution in [0.3, 0.4) is 0 Å². The van der Waals surface area contributed by atoms with Crippen LogP contribution in [-0.2, 0) is 5.75 Å². The lowest BCUT2D eigenvalue weighted by molar-refractivity contribution is 0.0359. The molecule has 1 amide bonds. The topological polar surface area (TPSA) is 79.4 Å². The first-order valence-electron chi connectivity index (χ1n) is 12.3. The lowest BCUT2D eigenvalue weighted by Gasteiger charge is -2.39. The van der Waals surface area contributed by atoms with E-state index in [1.807, 2.05) is 42.5 Å². The summed E-state index contributed by atoms with van der Waals surface area (Å²) in [4.78, 5) is 20.0. The maximum atomic E-state index is 13.4. The van der Waals surface area contributed by atoms with Crippen molar-refractivity contribution in [1.82, 2.24) is 9.88 Å². The first-order valence-corrected chi connectivity index (χ1v) is 13.7. The van der Waals surface area contributed by atoms with E-state index in [-0.39, 0.29) is 24.1 Å². The highest BCUT2D eigenvalue weighted by molar-refractivity contribution is 7.98. The van der Waals surface area contributed by atoms with Crippen molar-refractivity contribution in [3.63, 3.8) is 0 Å². The van der Waals surface area contributed by atoms with Gasteiger partial charge in [0.2, 0.25) is 0 Å². The highest BCUT2D eigenvalue weighted by atomic mass is 35.5. The third-order valence-electron chi connectivity index (χ3n) is 7.08. The fraction of sp³-hybridized carbons (Fsp3) is 0.276. The van der Waals surface area contributed by atoms with Crippen LogP contribution >= 0.6 is 23.4 Å². The molecule has 3 aromatic carbocycles. The van der Waals surface area contributed by atoms with Crippen molar-refractivity contribution in [2.75, 3.05) is 0 Å². The van der Waals surface area contributed by atoms with E-state index in [1.165, 1.54) is 11.8 Å². The van der Waals surface area contributed by atoms with Crippen molar-refractivity contribution in [1.29, 1.82) is 5.26 Å². The Bertz CT molecular complexity index is 1480. The third kappa shape index (κ3) is 5.04. The molecule has 0 aliphatic carbocycles. The van der Waals surface area contributed by atoms with Crippen LogP contribution in [0.15, 0.2) is 76.4 Å². The second-order valence-electron chi connectivity index (χ2n) is 9.53. The zero-order valence-electron chi connectivity index (χ0n) is 20.0. The van der Waals surface area contributed by atoms with Crippen molar-refractivity contribution in [2.24, 2.45) is 0 Å². The second-order valence-corrected chi connectivity index (χ2v) is 10.9. The molecule has 6 nitrogen and oxygen atoms in total. The number of nitrogens with zero attached hydrogens (tertiary/aromatic N) is 3. The van der Waals surface area contributed by atoms with Crippen molar-refractivity contribution >= 4 is 40.4 Å². The lowest BCUT2D eigenvalue weighted by atomic mass is 9.98. The van der Waals surface area contributed by atoms with Crippen LogP contribution in [0.2, 0.25) is 5.02 Å². The van der Waals surface area contributed by atoms with E-state index in [0.29, 0.717) is 32.7 Å². The van der Waals surface area contributed by atoms with Gasteiger partial charge in [-0.25, -0.2) is 4.98 Å². The molecule has 1 aromatic heterocycles. The van der Waals surface area contributed by atoms with Crippen molar-refractivity contribution in [3.8, 4) is 11.8 Å². The number of fused-ring (bicyclic) bond motifs is 3. The molecule has 0 saturated carbocycles. The molecule has 4 aromatic rings. The number of benzene rings is 3. The standard InChI is InChI=1S/C29H24ClN3O3S/c30-21-8-11-27-26(13-21)32-29(36-27)37-17-18-4-6-20(7-5-18)28(34)33-22-9-10-23(33)15-25(14-22)35-24-3-1-2-19(12-24)16-31/h1-8,11-13,22-23,25H,9-10,14-15,17H2/t22-,23+,25?. The van der Waals surface area contributed by atoms with Crippen LogP contribution in [0.25, 0.3) is 11.1 Å². The number of hydrogen-bond donors (Lipinski definition) is 0. The molecule has 1 unspecified atom stereocenters. The molecule has 0 radical (unpaired) electrons. The van der Waals surface area contributed by atoms with Gasteiger partial charge >= 0.3 is 0 Å². The molecule has 6 rings (SSSR count). The Labute approximate surface area is 224 Å². The second kappa shape index (κ2) is 10.1. The first-order chi connectivity index (χ1) is 18.1. The number of ether oxygens (including phenoxy) is 1. The summed E-state index contributed by atoms with van der Waals surface area (Å²) in [5, 5.41) is 10.4. The van der Waals surface area contributed by atoms with Crippen LogP contribution in [0.5, 0.6) is 5.75 Å². The SMILES string of the molecule is N#Cc1cccc(OC2C[C@H]3CC[C@@H](C2)N3C(=O)c2ccc(CSc3nc4cc(Cl)ccc4o3)cc2)c1. The van der Waals surface area contributed by atoms with Crippen LogP contribution in [0.1, 0.15) is 47.2 Å². The number of aromatic nitrogens is 1. The molecule has 2 saturated heterocycles. The molecule has 2 fully saturated rings. The Balaban J connectivity index is 1.07. The summed E-state index contributed by atoms with van der Waals surface area (Å²) in [6.07, 6.45) is 3.67. The van der Waals surface area contributed by atoms with Crippen LogP contribution < -0.4 is 4.74 Å². The quantitative estimate of drug-likeness (QED) is 0.254. The number of nitriles is 1. The van der Waals surface area contributed by atoms with Gasteiger partial charge in [-0.15, -0.1) is 0 Å². The van der Waals surface area contributed by atoms with Gasteiger partial charge in [0.15, 0.2) is 5.58 Å². The number of amides is 1. The summed E-state index contributed by atoms with van der Waals surface area (Å²) in [6, 6.07) is 23.0. The molecule has 3 heterocycles. The lowest BCUT2D eigenvalue weighted by Crippen LogP contribution is -2.49. The van der Waals surface area contributed by atoms with Gasteiger partial charge in [0.05, 0.1) is 11.6 Å². The summed E-state index contributed by atoms with van der Waals surface area (Å²) in [5.41, 5.74) is 3.86. The normalized spacial score (nSPS) is 20.6. The Kier molecular flexibility index (Phi) is 6.54. The molecule has 0 spiro atoms.